The Morgan fingerprint density at radius 3 is 1.94 bits per heavy atom. The highest BCUT2D eigenvalue weighted by Gasteiger charge is 2.36. The Morgan fingerprint density at radius 1 is 0.686 bits per heavy atom. The average Bonchev–Trinajstić information content (AvgIpc) is 3.01. The first-order valence-electron chi connectivity index (χ1n) is 13.1. The van der Waals surface area contributed by atoms with Crippen LogP contribution in [-0.2, 0) is 16.2 Å². The standard InChI is InChI=1S/C33H43NO/c1-31(2,3)24-12-14-28-27-13-11-22(19-29(27)33(7,8)30(28)21-24)23-17-25(32(4,5)6)20-26(18-23)35-16-10-9-15-34/h11-14,17-21H,9-10,15-16,34H2,1-8H3. The Kier molecular flexibility index (Phi) is 6.66. The van der Waals surface area contributed by atoms with Crippen molar-refractivity contribution in [3.63, 3.8) is 0 Å². The molecule has 4 rings (SSSR count). The molecular weight excluding hydrogens is 426 g/mol. The molecule has 0 saturated heterocycles. The highest BCUT2D eigenvalue weighted by Crippen LogP contribution is 2.50. The number of nitrogens with two attached hydrogens (primary N) is 1. The fourth-order valence-corrected chi connectivity index (χ4v) is 5.10. The molecule has 0 atom stereocenters. The molecule has 35 heavy (non-hydrogen) atoms. The van der Waals surface area contributed by atoms with Gasteiger partial charge in [-0.2, -0.15) is 0 Å². The SMILES string of the molecule is CC(C)(C)c1cc(OCCCCN)cc(-c2ccc3c(c2)C(C)(C)c2cc(C(C)(C)C)ccc2-3)c1. The molecule has 0 fully saturated rings. The monoisotopic (exact) mass is 469 g/mol. The lowest BCUT2D eigenvalue weighted by Gasteiger charge is -2.25. The minimum absolute atomic E-state index is 0.0366. The van der Waals surface area contributed by atoms with E-state index in [1.54, 1.807) is 0 Å². The summed E-state index contributed by atoms with van der Waals surface area (Å²) in [5, 5.41) is 0. The summed E-state index contributed by atoms with van der Waals surface area (Å²) >= 11 is 0. The number of hydrogen-bond acceptors (Lipinski definition) is 2. The zero-order valence-corrected chi connectivity index (χ0v) is 23.0. The molecule has 0 saturated carbocycles. The molecule has 1 aliphatic rings. The maximum absolute atomic E-state index is 6.18. The van der Waals surface area contributed by atoms with Crippen LogP contribution in [0.4, 0.5) is 0 Å². The van der Waals surface area contributed by atoms with E-state index < -0.39 is 0 Å². The van der Waals surface area contributed by atoms with E-state index in [0.717, 1.165) is 18.6 Å². The predicted molar refractivity (Wildman–Crippen MR) is 151 cm³/mol. The van der Waals surface area contributed by atoms with E-state index in [9.17, 15) is 0 Å². The van der Waals surface area contributed by atoms with Crippen molar-refractivity contribution in [2.45, 2.75) is 84.5 Å². The summed E-state index contributed by atoms with van der Waals surface area (Å²) in [5.74, 6) is 0.947. The van der Waals surface area contributed by atoms with Gasteiger partial charge in [0.25, 0.3) is 0 Å². The van der Waals surface area contributed by atoms with Crippen molar-refractivity contribution in [1.29, 1.82) is 0 Å². The number of ether oxygens (including phenoxy) is 1. The van der Waals surface area contributed by atoms with E-state index in [-0.39, 0.29) is 16.2 Å². The summed E-state index contributed by atoms with van der Waals surface area (Å²) in [7, 11) is 0. The minimum atomic E-state index is -0.0366. The Bertz CT molecular complexity index is 1220. The largest absolute Gasteiger partial charge is 0.494 e. The van der Waals surface area contributed by atoms with Crippen LogP contribution in [0.15, 0.2) is 54.6 Å². The Morgan fingerprint density at radius 2 is 1.31 bits per heavy atom. The minimum Gasteiger partial charge on any atom is -0.494 e. The molecule has 2 heteroatoms. The van der Waals surface area contributed by atoms with Gasteiger partial charge in [0.1, 0.15) is 5.75 Å². The maximum Gasteiger partial charge on any atom is 0.120 e. The lowest BCUT2D eigenvalue weighted by Crippen LogP contribution is -2.17. The molecule has 0 aliphatic heterocycles. The first-order valence-corrected chi connectivity index (χ1v) is 13.1. The summed E-state index contributed by atoms with van der Waals surface area (Å²) in [6.07, 6.45) is 1.97. The molecule has 3 aromatic rings. The number of fused-ring (bicyclic) bond motifs is 3. The first kappa shape index (κ1) is 25.5. The van der Waals surface area contributed by atoms with Crippen LogP contribution in [0.3, 0.4) is 0 Å². The quantitative estimate of drug-likeness (QED) is 0.368. The number of unbranched alkanes of at least 4 members (excludes halogenated alkanes) is 1. The van der Waals surface area contributed by atoms with Gasteiger partial charge in [-0.1, -0.05) is 91.8 Å². The zero-order valence-electron chi connectivity index (χ0n) is 23.0. The molecule has 0 radical (unpaired) electrons. The Hall–Kier alpha value is -2.58. The summed E-state index contributed by atoms with van der Waals surface area (Å²) in [6, 6.07) is 20.8. The van der Waals surface area contributed by atoms with E-state index in [0.29, 0.717) is 13.2 Å². The molecule has 0 spiro atoms. The lowest BCUT2D eigenvalue weighted by molar-refractivity contribution is 0.307. The topological polar surface area (TPSA) is 35.2 Å². The molecule has 2 nitrogen and oxygen atoms in total. The number of hydrogen-bond donors (Lipinski definition) is 1. The maximum atomic E-state index is 6.18. The van der Waals surface area contributed by atoms with Crippen molar-refractivity contribution in [3.8, 4) is 28.0 Å². The van der Waals surface area contributed by atoms with Crippen LogP contribution in [0.25, 0.3) is 22.3 Å². The van der Waals surface area contributed by atoms with Gasteiger partial charge >= 0.3 is 0 Å². The van der Waals surface area contributed by atoms with Gasteiger partial charge in [0.2, 0.25) is 0 Å². The van der Waals surface area contributed by atoms with Gasteiger partial charge in [-0.25, -0.2) is 0 Å². The van der Waals surface area contributed by atoms with E-state index >= 15 is 0 Å². The summed E-state index contributed by atoms with van der Waals surface area (Å²) in [6.45, 7) is 19.8. The summed E-state index contributed by atoms with van der Waals surface area (Å²) < 4.78 is 6.18. The van der Waals surface area contributed by atoms with Crippen LogP contribution in [-0.4, -0.2) is 13.2 Å². The smallest absolute Gasteiger partial charge is 0.120 e. The molecule has 0 bridgehead atoms. The predicted octanol–water partition coefficient (Wildman–Crippen LogP) is 8.37. The van der Waals surface area contributed by atoms with Crippen molar-refractivity contribution in [3.05, 3.63) is 76.9 Å². The molecular formula is C33H43NO. The second-order valence-corrected chi connectivity index (χ2v) is 12.7. The summed E-state index contributed by atoms with van der Waals surface area (Å²) in [4.78, 5) is 0. The number of rotatable bonds is 6. The molecule has 0 unspecified atom stereocenters. The molecule has 186 valence electrons. The van der Waals surface area contributed by atoms with E-state index in [1.165, 1.54) is 44.5 Å². The second-order valence-electron chi connectivity index (χ2n) is 12.7. The lowest BCUT2D eigenvalue weighted by atomic mass is 9.78. The van der Waals surface area contributed by atoms with E-state index in [2.05, 4.69) is 110 Å². The van der Waals surface area contributed by atoms with Crippen molar-refractivity contribution >= 4 is 0 Å². The van der Waals surface area contributed by atoms with Crippen LogP contribution < -0.4 is 10.5 Å². The molecule has 0 aromatic heterocycles. The third-order valence-corrected chi connectivity index (χ3v) is 7.52. The molecule has 1 aliphatic carbocycles. The van der Waals surface area contributed by atoms with Gasteiger partial charge < -0.3 is 10.5 Å². The van der Waals surface area contributed by atoms with Gasteiger partial charge in [0, 0.05) is 5.41 Å². The van der Waals surface area contributed by atoms with Crippen molar-refractivity contribution in [1.82, 2.24) is 0 Å². The normalized spacial score (nSPS) is 14.5. The fraction of sp³-hybridized carbons (Fsp3) is 0.455. The van der Waals surface area contributed by atoms with Crippen molar-refractivity contribution in [2.75, 3.05) is 13.2 Å². The third kappa shape index (κ3) is 5.05. The second kappa shape index (κ2) is 9.13. The van der Waals surface area contributed by atoms with E-state index in [1.807, 2.05) is 0 Å². The first-order chi connectivity index (χ1) is 16.3. The van der Waals surface area contributed by atoms with Gasteiger partial charge in [-0.3, -0.25) is 0 Å². The highest BCUT2D eigenvalue weighted by molar-refractivity contribution is 5.84. The van der Waals surface area contributed by atoms with Gasteiger partial charge in [0.15, 0.2) is 0 Å². The fourth-order valence-electron chi connectivity index (χ4n) is 5.10. The van der Waals surface area contributed by atoms with Crippen LogP contribution in [0.1, 0.15) is 90.5 Å². The van der Waals surface area contributed by atoms with Crippen LogP contribution in [0.5, 0.6) is 5.75 Å². The highest BCUT2D eigenvalue weighted by atomic mass is 16.5. The van der Waals surface area contributed by atoms with Gasteiger partial charge in [0.05, 0.1) is 6.61 Å². The van der Waals surface area contributed by atoms with Crippen LogP contribution in [0.2, 0.25) is 0 Å². The van der Waals surface area contributed by atoms with Crippen LogP contribution >= 0.6 is 0 Å². The van der Waals surface area contributed by atoms with Crippen LogP contribution in [0, 0.1) is 0 Å². The summed E-state index contributed by atoms with van der Waals surface area (Å²) in [5.41, 5.74) is 16.5. The molecule has 2 N–H and O–H groups in total. The van der Waals surface area contributed by atoms with Gasteiger partial charge in [-0.15, -0.1) is 0 Å². The third-order valence-electron chi connectivity index (χ3n) is 7.52. The molecule has 3 aromatic carbocycles. The van der Waals surface area contributed by atoms with Crippen molar-refractivity contribution < 1.29 is 4.74 Å². The molecule has 0 amide bonds. The average molecular weight is 470 g/mol. The Labute approximate surface area is 212 Å². The van der Waals surface area contributed by atoms with E-state index in [4.69, 9.17) is 10.5 Å². The van der Waals surface area contributed by atoms with Crippen molar-refractivity contribution in [2.24, 2.45) is 5.73 Å². The van der Waals surface area contributed by atoms with Gasteiger partial charge in [-0.05, 0) is 92.9 Å². The number of benzene rings is 3. The molecule has 0 heterocycles. The Balaban J connectivity index is 1.76. The zero-order chi connectivity index (χ0) is 25.6.